The van der Waals surface area contributed by atoms with Gasteiger partial charge in [0.25, 0.3) is 5.91 Å². The van der Waals surface area contributed by atoms with E-state index in [1.165, 1.54) is 7.11 Å². The van der Waals surface area contributed by atoms with E-state index in [0.29, 0.717) is 38.9 Å². The standard InChI is InChI=1S/C26H36N4O4/c1-26(2,34-3)25(33)30-15-6-10-22(30)24(32)29-21(23(31)28-14-7-13-27)17-18-11-12-19-8-4-5-9-20(19)16-18/h4-5,8-9,11-12,16,21-22H,6-7,10,13-15,17,27H2,1-3H3,(H,28,31)(H,29,32)/t21-,22?/m1/s1. The monoisotopic (exact) mass is 468 g/mol. The maximum Gasteiger partial charge on any atom is 0.254 e. The molecular formula is C26H36N4O4. The van der Waals surface area contributed by atoms with Crippen molar-refractivity contribution in [2.45, 2.75) is 57.2 Å². The molecule has 1 heterocycles. The first-order valence-electron chi connectivity index (χ1n) is 11.9. The maximum atomic E-state index is 13.3. The number of nitrogens with two attached hydrogens (primary N) is 1. The quantitative estimate of drug-likeness (QED) is 0.460. The number of carbonyl (C=O) groups excluding carboxylic acids is 3. The first-order valence-corrected chi connectivity index (χ1v) is 11.9. The summed E-state index contributed by atoms with van der Waals surface area (Å²) in [6, 6.07) is 12.6. The Kier molecular flexibility index (Phi) is 8.63. The Labute approximate surface area is 201 Å². The number of nitrogens with zero attached hydrogens (tertiary/aromatic N) is 1. The average molecular weight is 469 g/mol. The molecule has 0 radical (unpaired) electrons. The number of hydrogen-bond acceptors (Lipinski definition) is 5. The number of likely N-dealkylation sites (tertiary alicyclic amines) is 1. The number of fused-ring (bicyclic) bond motifs is 1. The maximum absolute atomic E-state index is 13.3. The first-order chi connectivity index (χ1) is 16.3. The Morgan fingerprint density at radius 1 is 1.18 bits per heavy atom. The second-order valence-corrected chi connectivity index (χ2v) is 9.25. The summed E-state index contributed by atoms with van der Waals surface area (Å²) >= 11 is 0. The number of ether oxygens (including phenoxy) is 1. The van der Waals surface area contributed by atoms with Gasteiger partial charge in [0.15, 0.2) is 0 Å². The summed E-state index contributed by atoms with van der Waals surface area (Å²) in [5, 5.41) is 7.97. The molecule has 1 aliphatic rings. The third-order valence-electron chi connectivity index (χ3n) is 6.41. The van der Waals surface area contributed by atoms with Gasteiger partial charge in [-0.1, -0.05) is 42.5 Å². The molecule has 1 fully saturated rings. The topological polar surface area (TPSA) is 114 Å². The van der Waals surface area contributed by atoms with Crippen molar-refractivity contribution in [3.8, 4) is 0 Å². The van der Waals surface area contributed by atoms with Crippen molar-refractivity contribution < 1.29 is 19.1 Å². The van der Waals surface area contributed by atoms with Gasteiger partial charge in [-0.15, -0.1) is 0 Å². The number of rotatable bonds is 10. The lowest BCUT2D eigenvalue weighted by Gasteiger charge is -2.32. The van der Waals surface area contributed by atoms with Gasteiger partial charge in [0, 0.05) is 26.6 Å². The number of hydrogen-bond donors (Lipinski definition) is 3. The van der Waals surface area contributed by atoms with Gasteiger partial charge in [-0.25, -0.2) is 0 Å². The minimum atomic E-state index is -1.02. The number of benzene rings is 2. The Hall–Kier alpha value is -2.97. The van der Waals surface area contributed by atoms with Crippen LogP contribution in [0.25, 0.3) is 10.8 Å². The van der Waals surface area contributed by atoms with Crippen molar-refractivity contribution in [2.24, 2.45) is 5.73 Å². The molecular weight excluding hydrogens is 432 g/mol. The average Bonchev–Trinajstić information content (AvgIpc) is 3.33. The van der Waals surface area contributed by atoms with Gasteiger partial charge in [0.1, 0.15) is 17.7 Å². The van der Waals surface area contributed by atoms with Gasteiger partial charge in [0.2, 0.25) is 11.8 Å². The molecule has 0 bridgehead atoms. The van der Waals surface area contributed by atoms with Crippen LogP contribution in [0.1, 0.15) is 38.7 Å². The largest absolute Gasteiger partial charge is 0.369 e. The summed E-state index contributed by atoms with van der Waals surface area (Å²) in [5.74, 6) is -0.813. The second-order valence-electron chi connectivity index (χ2n) is 9.25. The lowest BCUT2D eigenvalue weighted by molar-refractivity contribution is -0.154. The summed E-state index contributed by atoms with van der Waals surface area (Å²) in [6.45, 7) is 4.78. The van der Waals surface area contributed by atoms with Crippen LogP contribution in [0.15, 0.2) is 42.5 Å². The number of nitrogens with one attached hydrogen (secondary N) is 2. The highest BCUT2D eigenvalue weighted by Crippen LogP contribution is 2.23. The van der Waals surface area contributed by atoms with E-state index in [4.69, 9.17) is 10.5 Å². The van der Waals surface area contributed by atoms with Crippen molar-refractivity contribution in [3.63, 3.8) is 0 Å². The Morgan fingerprint density at radius 2 is 1.91 bits per heavy atom. The second kappa shape index (κ2) is 11.4. The summed E-state index contributed by atoms with van der Waals surface area (Å²) in [4.78, 5) is 40.8. The molecule has 184 valence electrons. The molecule has 3 amide bonds. The van der Waals surface area contributed by atoms with Gasteiger partial charge in [-0.3, -0.25) is 14.4 Å². The summed E-state index contributed by atoms with van der Waals surface area (Å²) in [6.07, 6.45) is 2.27. The zero-order chi connectivity index (χ0) is 24.7. The van der Waals surface area contributed by atoms with Crippen LogP contribution in [-0.4, -0.2) is 67.1 Å². The lowest BCUT2D eigenvalue weighted by Crippen LogP contribution is -2.56. The summed E-state index contributed by atoms with van der Waals surface area (Å²) in [7, 11) is 1.48. The zero-order valence-corrected chi connectivity index (χ0v) is 20.3. The Morgan fingerprint density at radius 3 is 2.62 bits per heavy atom. The van der Waals surface area contributed by atoms with Gasteiger partial charge >= 0.3 is 0 Å². The van der Waals surface area contributed by atoms with Crippen molar-refractivity contribution in [1.82, 2.24) is 15.5 Å². The molecule has 0 aromatic heterocycles. The molecule has 1 unspecified atom stereocenters. The molecule has 4 N–H and O–H groups in total. The predicted octanol–water partition coefficient (Wildman–Crippen LogP) is 1.75. The first kappa shape index (κ1) is 25.6. The van der Waals surface area contributed by atoms with E-state index >= 15 is 0 Å². The summed E-state index contributed by atoms with van der Waals surface area (Å²) < 4.78 is 5.33. The van der Waals surface area contributed by atoms with Crippen LogP contribution in [-0.2, 0) is 25.5 Å². The van der Waals surface area contributed by atoms with Crippen molar-refractivity contribution >= 4 is 28.5 Å². The molecule has 8 nitrogen and oxygen atoms in total. The van der Waals surface area contributed by atoms with Gasteiger partial charge in [0.05, 0.1) is 0 Å². The summed E-state index contributed by atoms with van der Waals surface area (Å²) in [5.41, 5.74) is 5.47. The molecule has 2 aromatic carbocycles. The van der Waals surface area contributed by atoms with Gasteiger partial charge < -0.3 is 26.0 Å². The minimum absolute atomic E-state index is 0.230. The molecule has 0 spiro atoms. The van der Waals surface area contributed by atoms with E-state index in [1.807, 2.05) is 42.5 Å². The number of amides is 3. The highest BCUT2D eigenvalue weighted by atomic mass is 16.5. The molecule has 3 rings (SSSR count). The molecule has 2 aromatic rings. The fourth-order valence-corrected chi connectivity index (χ4v) is 4.23. The van der Waals surface area contributed by atoms with Gasteiger partial charge in [-0.05, 0) is 56.0 Å². The Balaban J connectivity index is 1.77. The van der Waals surface area contributed by atoms with Crippen molar-refractivity contribution in [3.05, 3.63) is 48.0 Å². The Bertz CT molecular complexity index is 1020. The lowest BCUT2D eigenvalue weighted by atomic mass is 10.0. The molecule has 1 aliphatic heterocycles. The third kappa shape index (κ3) is 6.12. The van der Waals surface area contributed by atoms with Crippen molar-refractivity contribution in [1.29, 1.82) is 0 Å². The van der Waals surface area contributed by atoms with Crippen LogP contribution in [0.4, 0.5) is 0 Å². The van der Waals surface area contributed by atoms with Crippen molar-refractivity contribution in [2.75, 3.05) is 26.7 Å². The molecule has 1 saturated heterocycles. The van der Waals surface area contributed by atoms with E-state index in [0.717, 1.165) is 22.8 Å². The van der Waals surface area contributed by atoms with Crippen LogP contribution in [0.2, 0.25) is 0 Å². The van der Waals surface area contributed by atoms with E-state index in [2.05, 4.69) is 10.6 Å². The highest BCUT2D eigenvalue weighted by Gasteiger charge is 2.41. The highest BCUT2D eigenvalue weighted by molar-refractivity contribution is 5.94. The zero-order valence-electron chi connectivity index (χ0n) is 20.3. The van der Waals surface area contributed by atoms with E-state index in [9.17, 15) is 14.4 Å². The van der Waals surface area contributed by atoms with E-state index < -0.39 is 17.7 Å². The predicted molar refractivity (Wildman–Crippen MR) is 132 cm³/mol. The normalized spacial score (nSPS) is 16.9. The fourth-order valence-electron chi connectivity index (χ4n) is 4.23. The molecule has 0 aliphatic carbocycles. The SMILES string of the molecule is COC(C)(C)C(=O)N1CCCC1C(=O)N[C@H](Cc1ccc2ccccc2c1)C(=O)NCCCN. The van der Waals surface area contributed by atoms with E-state index in [-0.39, 0.29) is 17.7 Å². The van der Waals surface area contributed by atoms with E-state index in [1.54, 1.807) is 18.7 Å². The minimum Gasteiger partial charge on any atom is -0.369 e. The van der Waals surface area contributed by atoms with Gasteiger partial charge in [-0.2, -0.15) is 0 Å². The third-order valence-corrected chi connectivity index (χ3v) is 6.41. The fraction of sp³-hybridized carbons (Fsp3) is 0.500. The smallest absolute Gasteiger partial charge is 0.254 e. The van der Waals surface area contributed by atoms with Crippen LogP contribution < -0.4 is 16.4 Å². The molecule has 34 heavy (non-hydrogen) atoms. The molecule has 8 heteroatoms. The molecule has 2 atom stereocenters. The van der Waals surface area contributed by atoms with Crippen LogP contribution in [0.3, 0.4) is 0 Å². The number of carbonyl (C=O) groups is 3. The van der Waals surface area contributed by atoms with Crippen LogP contribution in [0.5, 0.6) is 0 Å². The van der Waals surface area contributed by atoms with Crippen LogP contribution in [0, 0.1) is 0 Å². The number of methoxy groups -OCH3 is 1. The molecule has 0 saturated carbocycles. The van der Waals surface area contributed by atoms with Crippen LogP contribution >= 0.6 is 0 Å².